The second kappa shape index (κ2) is 9.66. The van der Waals surface area contributed by atoms with Crippen LogP contribution in [0.25, 0.3) is 54.2 Å². The monoisotopic (exact) mass is 521 g/mol. The van der Waals surface area contributed by atoms with Gasteiger partial charge in [0, 0.05) is 21.7 Å². The standard InChI is InChI=1S/C40H27N/c1-2-16-30(17-3-1)39-35-24-10-8-22-33(35)34-23-9-11-25-36(34)40(39)41(37-26-12-18-28-14-4-6-20-31(28)37)38-27-13-19-29-15-5-7-21-32(29)38/h1-27H. The molecule has 0 spiro atoms. The number of hydrogen-bond acceptors (Lipinski definition) is 1. The maximum Gasteiger partial charge on any atom is 0.0625 e. The largest absolute Gasteiger partial charge is 0.308 e. The molecule has 0 atom stereocenters. The molecule has 0 heterocycles. The first kappa shape index (κ1) is 23.5. The molecule has 0 aromatic heterocycles. The van der Waals surface area contributed by atoms with Gasteiger partial charge in [0.2, 0.25) is 0 Å². The van der Waals surface area contributed by atoms with E-state index in [-0.39, 0.29) is 0 Å². The molecule has 8 rings (SSSR count). The molecule has 192 valence electrons. The number of hydrogen-bond donors (Lipinski definition) is 0. The molecule has 0 unspecified atom stereocenters. The van der Waals surface area contributed by atoms with Crippen LogP contribution in [0, 0.1) is 0 Å². The van der Waals surface area contributed by atoms with Crippen molar-refractivity contribution in [1.82, 2.24) is 0 Å². The second-order valence-corrected chi connectivity index (χ2v) is 10.5. The predicted octanol–water partition coefficient (Wildman–Crippen LogP) is 11.4. The molecular formula is C40H27N. The summed E-state index contributed by atoms with van der Waals surface area (Å²) in [5.74, 6) is 0. The normalized spacial score (nSPS) is 11.4. The van der Waals surface area contributed by atoms with Crippen LogP contribution in [-0.4, -0.2) is 0 Å². The molecular weight excluding hydrogens is 494 g/mol. The summed E-state index contributed by atoms with van der Waals surface area (Å²) in [6.07, 6.45) is 0. The first-order valence-corrected chi connectivity index (χ1v) is 14.1. The molecule has 0 bridgehead atoms. The van der Waals surface area contributed by atoms with Crippen LogP contribution in [0.3, 0.4) is 0 Å². The lowest BCUT2D eigenvalue weighted by atomic mass is 9.89. The predicted molar refractivity (Wildman–Crippen MR) is 177 cm³/mol. The van der Waals surface area contributed by atoms with Crippen molar-refractivity contribution in [2.45, 2.75) is 0 Å². The van der Waals surface area contributed by atoms with E-state index in [1.54, 1.807) is 0 Å². The highest BCUT2D eigenvalue weighted by Crippen LogP contribution is 2.51. The van der Waals surface area contributed by atoms with E-state index in [1.807, 2.05) is 0 Å². The molecule has 0 saturated heterocycles. The van der Waals surface area contributed by atoms with Crippen molar-refractivity contribution in [3.05, 3.63) is 164 Å². The van der Waals surface area contributed by atoms with Crippen LogP contribution >= 0.6 is 0 Å². The van der Waals surface area contributed by atoms with E-state index in [4.69, 9.17) is 0 Å². The molecule has 0 saturated carbocycles. The lowest BCUT2D eigenvalue weighted by Crippen LogP contribution is -2.13. The molecule has 41 heavy (non-hydrogen) atoms. The van der Waals surface area contributed by atoms with E-state index in [0.717, 1.165) is 11.4 Å². The maximum atomic E-state index is 2.52. The average molecular weight is 522 g/mol. The van der Waals surface area contributed by atoms with Gasteiger partial charge in [0.1, 0.15) is 0 Å². The first-order valence-electron chi connectivity index (χ1n) is 14.1. The van der Waals surface area contributed by atoms with Crippen LogP contribution in [0.4, 0.5) is 17.1 Å². The molecule has 1 nitrogen and oxygen atoms in total. The highest BCUT2D eigenvalue weighted by Gasteiger charge is 2.25. The van der Waals surface area contributed by atoms with Gasteiger partial charge in [-0.2, -0.15) is 0 Å². The summed E-state index contributed by atoms with van der Waals surface area (Å²) in [6, 6.07) is 59.3. The van der Waals surface area contributed by atoms with Gasteiger partial charge in [-0.05, 0) is 44.6 Å². The Labute approximate surface area is 239 Å². The summed E-state index contributed by atoms with van der Waals surface area (Å²) < 4.78 is 0. The average Bonchev–Trinajstić information content (AvgIpc) is 3.05. The van der Waals surface area contributed by atoms with Crippen molar-refractivity contribution in [3.63, 3.8) is 0 Å². The van der Waals surface area contributed by atoms with Crippen LogP contribution in [-0.2, 0) is 0 Å². The lowest BCUT2D eigenvalue weighted by molar-refractivity contribution is 1.33. The van der Waals surface area contributed by atoms with Crippen molar-refractivity contribution in [2.24, 2.45) is 0 Å². The highest BCUT2D eigenvalue weighted by molar-refractivity contribution is 6.23. The van der Waals surface area contributed by atoms with Crippen molar-refractivity contribution in [2.75, 3.05) is 4.90 Å². The fourth-order valence-corrected chi connectivity index (χ4v) is 6.43. The molecule has 0 fully saturated rings. The van der Waals surface area contributed by atoms with Gasteiger partial charge in [-0.25, -0.2) is 0 Å². The Balaban J connectivity index is 1.62. The van der Waals surface area contributed by atoms with Crippen molar-refractivity contribution >= 4 is 60.2 Å². The topological polar surface area (TPSA) is 3.24 Å². The third-order valence-corrected chi connectivity index (χ3v) is 8.21. The van der Waals surface area contributed by atoms with Gasteiger partial charge in [0.25, 0.3) is 0 Å². The third-order valence-electron chi connectivity index (χ3n) is 8.21. The molecule has 0 aliphatic rings. The van der Waals surface area contributed by atoms with E-state index >= 15 is 0 Å². The molecule has 0 N–H and O–H groups in total. The number of fused-ring (bicyclic) bond motifs is 5. The SMILES string of the molecule is c1ccc(-c2c(N(c3cccc4ccccc34)c3cccc4ccccc34)c3ccccc3c3ccccc23)cc1. The van der Waals surface area contributed by atoms with E-state index in [0.29, 0.717) is 0 Å². The number of benzene rings is 8. The van der Waals surface area contributed by atoms with E-state index < -0.39 is 0 Å². The van der Waals surface area contributed by atoms with E-state index in [2.05, 4.69) is 169 Å². The van der Waals surface area contributed by atoms with Gasteiger partial charge in [-0.15, -0.1) is 0 Å². The Kier molecular flexibility index (Phi) is 5.53. The summed E-state index contributed by atoms with van der Waals surface area (Å²) in [5.41, 5.74) is 5.96. The molecule has 1 heteroatoms. The summed E-state index contributed by atoms with van der Waals surface area (Å²) in [6.45, 7) is 0. The molecule has 0 amide bonds. The smallest absolute Gasteiger partial charge is 0.0625 e. The molecule has 0 aliphatic carbocycles. The van der Waals surface area contributed by atoms with E-state index in [9.17, 15) is 0 Å². The van der Waals surface area contributed by atoms with Crippen molar-refractivity contribution in [3.8, 4) is 11.1 Å². The van der Waals surface area contributed by atoms with Gasteiger partial charge in [0.15, 0.2) is 0 Å². The van der Waals surface area contributed by atoms with Gasteiger partial charge in [-0.1, -0.05) is 152 Å². The third kappa shape index (κ3) is 3.78. The van der Waals surface area contributed by atoms with E-state index in [1.165, 1.54) is 59.9 Å². The Morgan fingerprint density at radius 1 is 0.293 bits per heavy atom. The Morgan fingerprint density at radius 3 is 1.29 bits per heavy atom. The minimum atomic E-state index is 1.16. The van der Waals surface area contributed by atoms with Crippen LogP contribution in [0.15, 0.2) is 164 Å². The Morgan fingerprint density at radius 2 is 0.707 bits per heavy atom. The summed E-state index contributed by atoms with van der Waals surface area (Å²) in [4.78, 5) is 2.52. The first-order chi connectivity index (χ1) is 20.4. The zero-order valence-electron chi connectivity index (χ0n) is 22.5. The zero-order chi connectivity index (χ0) is 27.2. The summed E-state index contributed by atoms with van der Waals surface area (Å²) >= 11 is 0. The summed E-state index contributed by atoms with van der Waals surface area (Å²) in [5, 5.41) is 9.88. The van der Waals surface area contributed by atoms with Crippen LogP contribution in [0.5, 0.6) is 0 Å². The van der Waals surface area contributed by atoms with Gasteiger partial charge < -0.3 is 4.90 Å². The molecule has 8 aromatic carbocycles. The maximum absolute atomic E-state index is 2.52. The summed E-state index contributed by atoms with van der Waals surface area (Å²) in [7, 11) is 0. The number of nitrogens with zero attached hydrogens (tertiary/aromatic N) is 1. The van der Waals surface area contributed by atoms with Gasteiger partial charge >= 0.3 is 0 Å². The zero-order valence-corrected chi connectivity index (χ0v) is 22.5. The fraction of sp³-hybridized carbons (Fsp3) is 0. The highest BCUT2D eigenvalue weighted by atomic mass is 15.1. The quantitative estimate of drug-likeness (QED) is 0.208. The fourth-order valence-electron chi connectivity index (χ4n) is 6.43. The molecule has 0 radical (unpaired) electrons. The molecule has 0 aliphatic heterocycles. The Hall–Kier alpha value is -5.40. The number of anilines is 3. The van der Waals surface area contributed by atoms with Crippen molar-refractivity contribution in [1.29, 1.82) is 0 Å². The minimum Gasteiger partial charge on any atom is -0.308 e. The minimum absolute atomic E-state index is 1.16. The Bertz CT molecular complexity index is 2120. The van der Waals surface area contributed by atoms with Crippen LogP contribution in [0.2, 0.25) is 0 Å². The number of rotatable bonds is 4. The second-order valence-electron chi connectivity index (χ2n) is 10.5. The lowest BCUT2D eigenvalue weighted by Gasteiger charge is -2.32. The van der Waals surface area contributed by atoms with Gasteiger partial charge in [0.05, 0.1) is 17.1 Å². The van der Waals surface area contributed by atoms with Gasteiger partial charge in [-0.3, -0.25) is 0 Å². The van der Waals surface area contributed by atoms with Crippen LogP contribution in [0.1, 0.15) is 0 Å². The van der Waals surface area contributed by atoms with Crippen molar-refractivity contribution < 1.29 is 0 Å². The molecule has 8 aromatic rings. The van der Waals surface area contributed by atoms with Crippen LogP contribution < -0.4 is 4.90 Å².